The van der Waals surface area contributed by atoms with Crippen LogP contribution in [0.1, 0.15) is 26.3 Å². The van der Waals surface area contributed by atoms with E-state index in [1.807, 2.05) is 59.2 Å². The van der Waals surface area contributed by atoms with Gasteiger partial charge in [-0.3, -0.25) is 4.57 Å². The molecule has 3 aromatic carbocycles. The zero-order chi connectivity index (χ0) is 25.6. The second-order valence-electron chi connectivity index (χ2n) is 10.2. The van der Waals surface area contributed by atoms with Crippen LogP contribution in [0.25, 0.3) is 38.9 Å². The monoisotopic (exact) mass is 485 g/mol. The van der Waals surface area contributed by atoms with Crippen molar-refractivity contribution in [2.24, 2.45) is 0 Å². The molecule has 0 atom stereocenters. The lowest BCUT2D eigenvalue weighted by Crippen LogP contribution is -2.11. The highest BCUT2D eigenvalue weighted by molar-refractivity contribution is 6.08. The van der Waals surface area contributed by atoms with Crippen molar-refractivity contribution in [3.8, 4) is 34.3 Å². The van der Waals surface area contributed by atoms with Crippen molar-refractivity contribution in [3.05, 3.63) is 109 Å². The quantitative estimate of drug-likeness (QED) is 0.274. The first-order valence-electron chi connectivity index (χ1n) is 12.3. The molecule has 0 spiro atoms. The summed E-state index contributed by atoms with van der Waals surface area (Å²) in [5, 5.41) is 12.8. The van der Waals surface area contributed by atoms with Crippen LogP contribution in [-0.2, 0) is 5.41 Å². The lowest BCUT2D eigenvalue weighted by atomic mass is 9.85. The van der Waals surface area contributed by atoms with E-state index in [1.54, 1.807) is 12.3 Å². The van der Waals surface area contributed by atoms with Gasteiger partial charge in [-0.1, -0.05) is 57.2 Å². The number of hydrogen-bond donors (Lipinski definition) is 1. The van der Waals surface area contributed by atoms with E-state index in [9.17, 15) is 5.11 Å². The third-order valence-electron chi connectivity index (χ3n) is 6.57. The van der Waals surface area contributed by atoms with Gasteiger partial charge >= 0.3 is 0 Å². The van der Waals surface area contributed by atoms with Crippen LogP contribution < -0.4 is 4.74 Å². The fraction of sp³-hybridized carbons (Fsp3) is 0.125. The SMILES string of the molecule is CC(C)(C)c1cc(Oc2ccccn2)cc(-c2ccc3c4ccccc4n(-c4ccccc4O)c3n2)c1. The van der Waals surface area contributed by atoms with Crippen molar-refractivity contribution in [1.29, 1.82) is 0 Å². The summed E-state index contributed by atoms with van der Waals surface area (Å²) < 4.78 is 8.17. The second kappa shape index (κ2) is 8.79. The zero-order valence-corrected chi connectivity index (χ0v) is 21.0. The van der Waals surface area contributed by atoms with Gasteiger partial charge in [-0.05, 0) is 65.6 Å². The minimum atomic E-state index is -0.0902. The lowest BCUT2D eigenvalue weighted by Gasteiger charge is -2.21. The largest absolute Gasteiger partial charge is 0.506 e. The standard InChI is InChI=1S/C32H27N3O2/c1-32(2,3)22-18-21(19-23(20-22)37-30-14-8-9-17-33-30)26-16-15-25-24-10-4-5-11-27(24)35(31(25)34-26)28-12-6-7-13-29(28)36/h4-20,36H,1-3H3. The van der Waals surface area contributed by atoms with Gasteiger partial charge in [-0.25, -0.2) is 9.97 Å². The Labute approximate surface area is 215 Å². The van der Waals surface area contributed by atoms with Crippen LogP contribution in [0.3, 0.4) is 0 Å². The van der Waals surface area contributed by atoms with E-state index in [0.29, 0.717) is 17.3 Å². The topological polar surface area (TPSA) is 60.2 Å². The van der Waals surface area contributed by atoms with Crippen LogP contribution in [0, 0.1) is 0 Å². The van der Waals surface area contributed by atoms with Crippen LogP contribution in [0.15, 0.2) is 103 Å². The van der Waals surface area contributed by atoms with Crippen molar-refractivity contribution in [3.63, 3.8) is 0 Å². The summed E-state index contributed by atoms with van der Waals surface area (Å²) in [5.74, 6) is 1.46. The molecular weight excluding hydrogens is 458 g/mol. The average Bonchev–Trinajstić information content (AvgIpc) is 3.22. The third-order valence-corrected chi connectivity index (χ3v) is 6.57. The molecule has 37 heavy (non-hydrogen) atoms. The van der Waals surface area contributed by atoms with Crippen LogP contribution in [0.5, 0.6) is 17.4 Å². The molecule has 0 unspecified atom stereocenters. The highest BCUT2D eigenvalue weighted by atomic mass is 16.5. The van der Waals surface area contributed by atoms with Gasteiger partial charge in [0, 0.05) is 28.6 Å². The molecule has 0 saturated heterocycles. The van der Waals surface area contributed by atoms with E-state index >= 15 is 0 Å². The van der Waals surface area contributed by atoms with Crippen molar-refractivity contribution >= 4 is 21.9 Å². The maximum atomic E-state index is 10.7. The molecule has 0 aliphatic heterocycles. The Morgan fingerprint density at radius 3 is 2.35 bits per heavy atom. The summed E-state index contributed by atoms with van der Waals surface area (Å²) in [7, 11) is 0. The molecule has 5 heteroatoms. The molecule has 0 saturated carbocycles. The smallest absolute Gasteiger partial charge is 0.219 e. The first-order valence-corrected chi connectivity index (χ1v) is 12.3. The molecule has 1 N–H and O–H groups in total. The third kappa shape index (κ3) is 4.19. The van der Waals surface area contributed by atoms with Gasteiger partial charge in [0.1, 0.15) is 17.1 Å². The number of phenols is 1. The summed E-state index contributed by atoms with van der Waals surface area (Å²) in [5.41, 5.74) is 5.30. The Hall–Kier alpha value is -4.64. The van der Waals surface area contributed by atoms with Crippen LogP contribution in [0.2, 0.25) is 0 Å². The van der Waals surface area contributed by atoms with Gasteiger partial charge in [0.15, 0.2) is 0 Å². The summed E-state index contributed by atoms with van der Waals surface area (Å²) in [6.45, 7) is 6.55. The van der Waals surface area contributed by atoms with Crippen molar-refractivity contribution < 1.29 is 9.84 Å². The highest BCUT2D eigenvalue weighted by Gasteiger charge is 2.19. The minimum absolute atomic E-state index is 0.0902. The summed E-state index contributed by atoms with van der Waals surface area (Å²) in [4.78, 5) is 9.47. The first kappa shape index (κ1) is 22.8. The molecular formula is C32H27N3O2. The molecule has 6 aromatic rings. The van der Waals surface area contributed by atoms with Crippen LogP contribution >= 0.6 is 0 Å². The summed E-state index contributed by atoms with van der Waals surface area (Å²) in [6.07, 6.45) is 1.72. The predicted octanol–water partition coefficient (Wildman–Crippen LogP) is 8.04. The molecule has 0 bridgehead atoms. The molecule has 5 nitrogen and oxygen atoms in total. The highest BCUT2D eigenvalue weighted by Crippen LogP contribution is 2.37. The number of rotatable bonds is 4. The zero-order valence-electron chi connectivity index (χ0n) is 21.0. The first-order chi connectivity index (χ1) is 17.9. The van der Waals surface area contributed by atoms with Crippen molar-refractivity contribution in [2.45, 2.75) is 26.2 Å². The molecule has 0 amide bonds. The second-order valence-corrected chi connectivity index (χ2v) is 10.2. The number of benzene rings is 3. The van der Waals surface area contributed by atoms with E-state index in [-0.39, 0.29) is 11.2 Å². The van der Waals surface area contributed by atoms with Gasteiger partial charge in [-0.15, -0.1) is 0 Å². The Morgan fingerprint density at radius 2 is 1.57 bits per heavy atom. The summed E-state index contributed by atoms with van der Waals surface area (Å²) >= 11 is 0. The summed E-state index contributed by atoms with van der Waals surface area (Å²) in [6, 6.07) is 31.6. The number of hydrogen-bond acceptors (Lipinski definition) is 4. The number of aromatic hydroxyl groups is 1. The molecule has 0 radical (unpaired) electrons. The lowest BCUT2D eigenvalue weighted by molar-refractivity contribution is 0.460. The Balaban J connectivity index is 1.57. The normalized spacial score (nSPS) is 11.8. The minimum Gasteiger partial charge on any atom is -0.506 e. The molecule has 0 aliphatic rings. The van der Waals surface area contributed by atoms with Crippen LogP contribution in [-0.4, -0.2) is 19.6 Å². The maximum absolute atomic E-state index is 10.7. The number of phenolic OH excluding ortho intramolecular Hbond substituents is 1. The number of nitrogens with zero attached hydrogens (tertiary/aromatic N) is 3. The molecule has 182 valence electrons. The van der Waals surface area contributed by atoms with Crippen molar-refractivity contribution in [1.82, 2.24) is 14.5 Å². The van der Waals surface area contributed by atoms with Gasteiger partial charge < -0.3 is 9.84 Å². The van der Waals surface area contributed by atoms with E-state index in [2.05, 4.69) is 62.2 Å². The number of ether oxygens (including phenoxy) is 1. The molecule has 0 fully saturated rings. The van der Waals surface area contributed by atoms with Gasteiger partial charge in [0.05, 0.1) is 16.9 Å². The predicted molar refractivity (Wildman–Crippen MR) is 149 cm³/mol. The maximum Gasteiger partial charge on any atom is 0.219 e. The Kier molecular flexibility index (Phi) is 5.41. The molecule has 0 aliphatic carbocycles. The fourth-order valence-corrected chi connectivity index (χ4v) is 4.66. The van der Waals surface area contributed by atoms with Gasteiger partial charge in [0.25, 0.3) is 0 Å². The average molecular weight is 486 g/mol. The van der Waals surface area contributed by atoms with Crippen molar-refractivity contribution in [2.75, 3.05) is 0 Å². The van der Waals surface area contributed by atoms with E-state index in [0.717, 1.165) is 38.8 Å². The Morgan fingerprint density at radius 1 is 0.784 bits per heavy atom. The molecule has 3 heterocycles. The van der Waals surface area contributed by atoms with Crippen LogP contribution in [0.4, 0.5) is 0 Å². The van der Waals surface area contributed by atoms with E-state index in [1.165, 1.54) is 0 Å². The fourth-order valence-electron chi connectivity index (χ4n) is 4.66. The number of fused-ring (bicyclic) bond motifs is 3. The van der Waals surface area contributed by atoms with E-state index < -0.39 is 0 Å². The number of aromatic nitrogens is 3. The van der Waals surface area contributed by atoms with Gasteiger partial charge in [-0.2, -0.15) is 0 Å². The molecule has 6 rings (SSSR count). The number of para-hydroxylation sites is 3. The number of pyridine rings is 2. The Bertz CT molecular complexity index is 1750. The van der Waals surface area contributed by atoms with Gasteiger partial charge in [0.2, 0.25) is 5.88 Å². The molecule has 3 aromatic heterocycles. The van der Waals surface area contributed by atoms with E-state index in [4.69, 9.17) is 9.72 Å².